The molecule has 77 heavy (non-hydrogen) atoms. The first-order valence-corrected chi connectivity index (χ1v) is 24.7. The molecule has 24 nitrogen and oxygen atoms in total. The van der Waals surface area contributed by atoms with Crippen LogP contribution < -0.4 is 31.7 Å². The van der Waals surface area contributed by atoms with E-state index in [1.165, 1.54) is 38.1 Å². The number of benzene rings is 4. The Morgan fingerprint density at radius 2 is 1.18 bits per heavy atom. The smallest absolute Gasteiger partial charge is 0.253 e. The molecule has 0 aromatic heterocycles. The number of rotatable bonds is 21. The maximum absolute atomic E-state index is 14.4. The van der Waals surface area contributed by atoms with Gasteiger partial charge in [0.15, 0.2) is 12.5 Å². The number of hydrogen-bond acceptors (Lipinski definition) is 18. The molecule has 2 heterocycles. The molecule has 2 saturated heterocycles. The number of aliphatic hydroxyl groups excluding tert-OH is 8. The number of aromatic hydroxyl groups is 1. The quantitative estimate of drug-likeness (QED) is 0.0385. The van der Waals surface area contributed by atoms with Crippen molar-refractivity contribution in [1.82, 2.24) is 31.1 Å². The Bertz CT molecular complexity index is 2680. The average molecular weight is 1070 g/mol. The fraction of sp³-hybridized carbons (Fsp3) is 0.434. The van der Waals surface area contributed by atoms with Crippen LogP contribution in [-0.2, 0) is 28.7 Å². The Balaban J connectivity index is 1.13. The van der Waals surface area contributed by atoms with Gasteiger partial charge < -0.3 is 92.2 Å². The summed E-state index contributed by atoms with van der Waals surface area (Å²) < 4.78 is 10.5. The number of carbonyl (C=O) groups excluding carboxylic acids is 6. The number of ether oxygens (including phenoxy) is 2. The van der Waals surface area contributed by atoms with E-state index >= 15 is 0 Å². The molecule has 24 heteroatoms. The first kappa shape index (κ1) is 59.1. The third kappa shape index (κ3) is 13.9. The molecule has 0 spiro atoms. The molecular weight excluding hydrogens is 1010 g/mol. The van der Waals surface area contributed by atoms with Gasteiger partial charge in [-0.1, -0.05) is 67.6 Å². The lowest BCUT2D eigenvalue weighted by Crippen LogP contribution is -2.64. The van der Waals surface area contributed by atoms with Gasteiger partial charge in [0.05, 0.1) is 31.5 Å². The highest BCUT2D eigenvalue weighted by Crippen LogP contribution is 2.29. The van der Waals surface area contributed by atoms with Crippen LogP contribution in [0.4, 0.5) is 0 Å². The summed E-state index contributed by atoms with van der Waals surface area (Å²) in [5.41, 5.74) is 9.56. The molecule has 6 rings (SSSR count). The molecule has 6 amide bonds. The zero-order valence-corrected chi connectivity index (χ0v) is 42.8. The van der Waals surface area contributed by atoms with Gasteiger partial charge in [0.25, 0.3) is 5.91 Å². The van der Waals surface area contributed by atoms with Crippen molar-refractivity contribution >= 4 is 35.4 Å². The standard InChI is InChI=1S/C53H67N7O17/c1-25-23-60(53(75)39(27(3)62)55-48(71)40(44(67)43(66)32-14-18-34(63)19-15-32)56-47(70)37-22-35(64)24-59(37)52(74)38(54)26(2)61)41(42(25)65)49(72)57-50(73)45(68)51(77-5)58-46(69)33-12-10-30(11-13-33)28-6-8-29(9-7-28)31-16-20-36(76-4)21-17-31/h6-21,25-27,35,37-45,50-51,61-68,73H,22-24,54H2,1-5H3,(H,55,71)(H,56,70)(H,57,72)(H,58,69)/t25-,26+,27+,35+,37-,38-,39-,40-,41-,42-,43-,44-,45-,50+,51?/m0/s1. The van der Waals surface area contributed by atoms with E-state index in [1.54, 1.807) is 19.2 Å². The number of phenolic OH excluding ortho intramolecular Hbond substituents is 1. The van der Waals surface area contributed by atoms with E-state index in [-0.39, 0.29) is 29.8 Å². The zero-order valence-electron chi connectivity index (χ0n) is 42.8. The van der Waals surface area contributed by atoms with Crippen molar-refractivity contribution in [3.63, 3.8) is 0 Å². The number of nitrogens with one attached hydrogen (secondary N) is 4. The van der Waals surface area contributed by atoms with Crippen LogP contribution in [0.2, 0.25) is 0 Å². The average Bonchev–Trinajstić information content (AvgIpc) is 3.97. The largest absolute Gasteiger partial charge is 0.508 e. The topological polar surface area (TPSA) is 384 Å². The molecule has 2 aliphatic rings. The third-order valence-corrected chi connectivity index (χ3v) is 13.7. The van der Waals surface area contributed by atoms with Gasteiger partial charge in [-0.05, 0) is 78.1 Å². The summed E-state index contributed by atoms with van der Waals surface area (Å²) in [7, 11) is 2.71. The fourth-order valence-corrected chi connectivity index (χ4v) is 9.10. The molecule has 4 aromatic rings. The molecule has 416 valence electrons. The molecule has 15 atom stereocenters. The van der Waals surface area contributed by atoms with Crippen molar-refractivity contribution in [2.24, 2.45) is 11.7 Å². The second-order valence-corrected chi connectivity index (χ2v) is 19.3. The van der Waals surface area contributed by atoms with Gasteiger partial charge in [0.2, 0.25) is 29.5 Å². The predicted molar refractivity (Wildman–Crippen MR) is 273 cm³/mol. The van der Waals surface area contributed by atoms with Crippen LogP contribution in [0.15, 0.2) is 97.1 Å². The second kappa shape index (κ2) is 25.8. The highest BCUT2D eigenvalue weighted by molar-refractivity contribution is 5.97. The van der Waals surface area contributed by atoms with Crippen LogP contribution in [0.25, 0.3) is 22.3 Å². The normalized spacial score (nSPS) is 22.2. The first-order chi connectivity index (χ1) is 36.4. The van der Waals surface area contributed by atoms with Gasteiger partial charge >= 0.3 is 0 Å². The monoisotopic (exact) mass is 1070 g/mol. The van der Waals surface area contributed by atoms with Crippen molar-refractivity contribution in [1.29, 1.82) is 0 Å². The van der Waals surface area contributed by atoms with Crippen molar-refractivity contribution in [3.05, 3.63) is 108 Å². The maximum Gasteiger partial charge on any atom is 0.253 e. The number of nitrogens with two attached hydrogens (primary N) is 1. The minimum absolute atomic E-state index is 0.0585. The van der Waals surface area contributed by atoms with Crippen LogP contribution in [0, 0.1) is 5.92 Å². The second-order valence-electron chi connectivity index (χ2n) is 19.3. The number of phenols is 1. The van der Waals surface area contributed by atoms with E-state index in [0.29, 0.717) is 0 Å². The molecular formula is C53H67N7O17. The van der Waals surface area contributed by atoms with Crippen molar-refractivity contribution < 1.29 is 84.2 Å². The summed E-state index contributed by atoms with van der Waals surface area (Å²) in [6.45, 7) is 3.00. The van der Waals surface area contributed by atoms with Gasteiger partial charge in [-0.2, -0.15) is 0 Å². The van der Waals surface area contributed by atoms with E-state index in [2.05, 4.69) is 21.3 Å². The summed E-state index contributed by atoms with van der Waals surface area (Å²) in [4.78, 5) is 84.6. The van der Waals surface area contributed by atoms with E-state index in [4.69, 9.17) is 15.2 Å². The number of carbonyl (C=O) groups is 6. The molecule has 2 aliphatic heterocycles. The van der Waals surface area contributed by atoms with Crippen molar-refractivity contribution in [3.8, 4) is 33.8 Å². The number of likely N-dealkylation sites (tertiary alicyclic amines) is 2. The zero-order chi connectivity index (χ0) is 56.6. The predicted octanol–water partition coefficient (Wildman–Crippen LogP) is -2.44. The van der Waals surface area contributed by atoms with Crippen LogP contribution in [0.5, 0.6) is 11.5 Å². The first-order valence-electron chi connectivity index (χ1n) is 24.7. The summed E-state index contributed by atoms with van der Waals surface area (Å²) in [5.74, 6) is -6.94. The van der Waals surface area contributed by atoms with E-state index in [0.717, 1.165) is 64.0 Å². The summed E-state index contributed by atoms with van der Waals surface area (Å²) >= 11 is 0. The summed E-state index contributed by atoms with van der Waals surface area (Å²) in [6.07, 6.45) is -16.6. The van der Waals surface area contributed by atoms with E-state index in [9.17, 15) is 74.7 Å². The minimum Gasteiger partial charge on any atom is -0.508 e. The maximum atomic E-state index is 14.4. The molecule has 0 radical (unpaired) electrons. The Kier molecular flexibility index (Phi) is 19.8. The SMILES string of the molecule is COc1ccc(-c2ccc(-c3ccc(C(=O)NC(OC)[C@@H](O)[C@@H](O)NC(=O)[C@@H]4[C@@H](O)[C@@H](C)CN4C(=O)[C@@H](NC(=O)[C@@H](NC(=O)[C@@H]4C[C@@H](O)CN4C(=O)[C@@H](N)[C@@H](C)O)[C@H](O)[C@@H](O)c4ccc(O)cc4)[C@@H](C)O)cc3)cc2)cc1. The molecule has 0 bridgehead atoms. The van der Waals surface area contributed by atoms with Gasteiger partial charge in [0.1, 0.15) is 60.0 Å². The Morgan fingerprint density at radius 1 is 0.636 bits per heavy atom. The molecule has 1 unspecified atom stereocenters. The van der Waals surface area contributed by atoms with Crippen LogP contribution in [-0.4, -0.2) is 198 Å². The highest BCUT2D eigenvalue weighted by Gasteiger charge is 2.50. The number of amides is 6. The molecule has 0 aliphatic carbocycles. The lowest BCUT2D eigenvalue weighted by molar-refractivity contribution is -0.150. The van der Waals surface area contributed by atoms with E-state index < -0.39 is 133 Å². The highest BCUT2D eigenvalue weighted by atomic mass is 16.5. The molecule has 2 fully saturated rings. The third-order valence-electron chi connectivity index (χ3n) is 13.7. The number of methoxy groups -OCH3 is 2. The lowest BCUT2D eigenvalue weighted by atomic mass is 9.96. The lowest BCUT2D eigenvalue weighted by Gasteiger charge is -2.34. The van der Waals surface area contributed by atoms with Gasteiger partial charge in [0, 0.05) is 38.1 Å². The van der Waals surface area contributed by atoms with Crippen molar-refractivity contribution in [2.75, 3.05) is 27.3 Å². The molecule has 15 N–H and O–H groups in total. The Labute approximate surface area is 443 Å². The Hall–Kier alpha value is -7.10. The van der Waals surface area contributed by atoms with Gasteiger partial charge in [-0.15, -0.1) is 0 Å². The van der Waals surface area contributed by atoms with Crippen LogP contribution in [0.1, 0.15) is 49.2 Å². The summed E-state index contributed by atoms with van der Waals surface area (Å²) in [6, 6.07) is 17.5. The number of nitrogens with zero attached hydrogens (tertiary/aromatic N) is 2. The Morgan fingerprint density at radius 3 is 1.70 bits per heavy atom. The fourth-order valence-electron chi connectivity index (χ4n) is 9.10. The molecule has 0 saturated carbocycles. The summed E-state index contributed by atoms with van der Waals surface area (Å²) in [5, 5.41) is 106. The molecule has 4 aromatic carbocycles. The van der Waals surface area contributed by atoms with Crippen LogP contribution >= 0.6 is 0 Å². The van der Waals surface area contributed by atoms with Gasteiger partial charge in [-0.3, -0.25) is 28.8 Å². The minimum atomic E-state index is -2.26. The number of β-amino-alcohol motifs (C(OH)–C–C–N with tert-alkyl or cyclic N) is 1. The van der Waals surface area contributed by atoms with Crippen molar-refractivity contribution in [2.45, 2.75) is 113 Å². The van der Waals surface area contributed by atoms with E-state index in [1.807, 2.05) is 48.5 Å². The number of aliphatic hydroxyl groups is 8. The number of hydrogen-bond donors (Lipinski definition) is 14. The van der Waals surface area contributed by atoms with Gasteiger partial charge in [-0.25, -0.2) is 0 Å². The van der Waals surface area contributed by atoms with Crippen LogP contribution in [0.3, 0.4) is 0 Å².